The first-order valence-electron chi connectivity index (χ1n) is 14.5. The Bertz CT molecular complexity index is 1390. The molecule has 0 saturated heterocycles. The summed E-state index contributed by atoms with van der Waals surface area (Å²) < 4.78 is 11.6. The highest BCUT2D eigenvalue weighted by atomic mass is 16.6. The summed E-state index contributed by atoms with van der Waals surface area (Å²) in [5, 5.41) is 32.5. The molecule has 5 fully saturated rings. The maximum atomic E-state index is 14.2. The first-order chi connectivity index (χ1) is 18.5. The van der Waals surface area contributed by atoms with Crippen molar-refractivity contribution in [2.75, 3.05) is 20.3 Å². The lowest BCUT2D eigenvalue weighted by molar-refractivity contribution is -0.178. The third-order valence-electron chi connectivity index (χ3n) is 13.3. The smallest absolute Gasteiger partial charge is 0.337 e. The van der Waals surface area contributed by atoms with E-state index in [4.69, 9.17) is 9.47 Å². The van der Waals surface area contributed by atoms with Gasteiger partial charge >= 0.3 is 11.9 Å². The van der Waals surface area contributed by atoms with Crippen molar-refractivity contribution in [1.82, 2.24) is 0 Å². The number of hydrogen-bond donors (Lipinski definition) is 3. The Morgan fingerprint density at radius 1 is 1.10 bits per heavy atom. The van der Waals surface area contributed by atoms with E-state index in [9.17, 15) is 29.7 Å². The maximum absolute atomic E-state index is 14.2. The average molecular weight is 537 g/mol. The van der Waals surface area contributed by atoms with Crippen LogP contribution in [0.4, 0.5) is 0 Å². The summed E-state index contributed by atoms with van der Waals surface area (Å²) in [6, 6.07) is 0. The van der Waals surface area contributed by atoms with Gasteiger partial charge in [-0.05, 0) is 84.7 Å². The Balaban J connectivity index is 1.46. The number of carbonyl (C=O) groups is 3. The van der Waals surface area contributed by atoms with E-state index in [2.05, 4.69) is 6.92 Å². The van der Waals surface area contributed by atoms with Crippen molar-refractivity contribution in [3.63, 3.8) is 0 Å². The predicted octanol–water partition coefficient (Wildman–Crippen LogP) is 1.88. The summed E-state index contributed by atoms with van der Waals surface area (Å²) in [7, 11) is 1.27. The molecular weight excluding hydrogens is 500 g/mol. The summed E-state index contributed by atoms with van der Waals surface area (Å²) in [5.41, 5.74) is 1.33. The van der Waals surface area contributed by atoms with Gasteiger partial charge in [0.15, 0.2) is 5.78 Å². The van der Waals surface area contributed by atoms with Gasteiger partial charge < -0.3 is 24.8 Å². The fourth-order valence-corrected chi connectivity index (χ4v) is 11.6. The van der Waals surface area contributed by atoms with Crippen LogP contribution >= 0.6 is 0 Å². The van der Waals surface area contributed by atoms with Gasteiger partial charge in [0.25, 0.3) is 0 Å². The number of allylic oxidation sites excluding steroid dienone is 1. The first-order valence-corrected chi connectivity index (χ1v) is 14.5. The van der Waals surface area contributed by atoms with Gasteiger partial charge in [-0.25, -0.2) is 9.59 Å². The molecule has 39 heavy (non-hydrogen) atoms. The average Bonchev–Trinajstić information content (AvgIpc) is 3.82. The zero-order valence-corrected chi connectivity index (χ0v) is 22.8. The van der Waals surface area contributed by atoms with Crippen LogP contribution in [0, 0.1) is 58.2 Å². The zero-order chi connectivity index (χ0) is 27.5. The molecule has 8 aliphatic rings. The molecule has 1 heterocycles. The van der Waals surface area contributed by atoms with Crippen LogP contribution in [0.25, 0.3) is 0 Å². The third kappa shape index (κ3) is 2.38. The van der Waals surface area contributed by atoms with E-state index < -0.39 is 47.4 Å². The number of esters is 2. The number of hydrogen-bond acceptors (Lipinski definition) is 8. The minimum Gasteiger partial charge on any atom is -0.466 e. The number of aliphatic hydroxyl groups is 3. The molecule has 1 aliphatic heterocycles. The molecule has 0 radical (unpaired) electrons. The van der Waals surface area contributed by atoms with Crippen LogP contribution in [-0.4, -0.2) is 65.1 Å². The summed E-state index contributed by atoms with van der Waals surface area (Å²) in [6.07, 6.45) is 1.89. The van der Waals surface area contributed by atoms with E-state index in [1.54, 1.807) is 6.92 Å². The number of ether oxygens (including phenoxy) is 2. The van der Waals surface area contributed by atoms with Gasteiger partial charge in [-0.1, -0.05) is 19.4 Å². The summed E-state index contributed by atoms with van der Waals surface area (Å²) in [5.74, 6) is -1.04. The summed E-state index contributed by atoms with van der Waals surface area (Å²) in [4.78, 5) is 40.7. The van der Waals surface area contributed by atoms with Crippen molar-refractivity contribution in [3.05, 3.63) is 33.4 Å². The van der Waals surface area contributed by atoms with Crippen LogP contribution in [0.3, 0.4) is 0 Å². The van der Waals surface area contributed by atoms with Crippen LogP contribution in [0.5, 0.6) is 0 Å². The number of aliphatic hydroxyl groups excluding tert-OH is 3. The Hall–Kier alpha value is -2.29. The number of rotatable bonds is 3. The zero-order valence-electron chi connectivity index (χ0n) is 22.8. The largest absolute Gasteiger partial charge is 0.466 e. The molecule has 8 heteroatoms. The number of Topliss-reactive ketones (excluding diaryl/α,β-unsaturated/α-hetero) is 1. The topological polar surface area (TPSA) is 130 Å². The van der Waals surface area contributed by atoms with E-state index in [1.165, 1.54) is 12.7 Å². The fraction of sp³-hybridized carbons (Fsp3) is 0.710. The second-order valence-electron chi connectivity index (χ2n) is 14.0. The third-order valence-corrected chi connectivity index (χ3v) is 13.3. The quantitative estimate of drug-likeness (QED) is 0.283. The summed E-state index contributed by atoms with van der Waals surface area (Å²) in [6.45, 7) is 5.47. The second kappa shape index (κ2) is 7.12. The fourth-order valence-electron chi connectivity index (χ4n) is 11.6. The van der Waals surface area contributed by atoms with Crippen molar-refractivity contribution in [1.29, 1.82) is 0 Å². The SMILES string of the molecule is COC(=O)C(C)=C1C(=O)C(O)C2(C)C3=C(CC4C5(OC(=O)C(CO)=C5CC5C(CO)C6CC6C54C)C13)C1CC12. The molecule has 208 valence electrons. The lowest BCUT2D eigenvalue weighted by atomic mass is 9.42. The Morgan fingerprint density at radius 2 is 1.85 bits per heavy atom. The van der Waals surface area contributed by atoms with Gasteiger partial charge in [-0.15, -0.1) is 0 Å². The van der Waals surface area contributed by atoms with E-state index in [0.29, 0.717) is 24.7 Å². The van der Waals surface area contributed by atoms with Crippen LogP contribution in [0.15, 0.2) is 33.4 Å². The van der Waals surface area contributed by atoms with Crippen LogP contribution < -0.4 is 0 Å². The van der Waals surface area contributed by atoms with E-state index in [0.717, 1.165) is 24.0 Å². The Morgan fingerprint density at radius 3 is 2.51 bits per heavy atom. The first kappa shape index (κ1) is 24.5. The van der Waals surface area contributed by atoms with Crippen LogP contribution in [0.1, 0.15) is 46.5 Å². The number of methoxy groups -OCH3 is 1. The van der Waals surface area contributed by atoms with Crippen molar-refractivity contribution in [2.24, 2.45) is 58.2 Å². The molecule has 5 saturated carbocycles. The molecule has 0 aromatic heterocycles. The van der Waals surface area contributed by atoms with Crippen molar-refractivity contribution < 1.29 is 39.2 Å². The van der Waals surface area contributed by atoms with Gasteiger partial charge in [0.05, 0.1) is 25.2 Å². The minimum atomic E-state index is -1.29. The lowest BCUT2D eigenvalue weighted by Crippen LogP contribution is -2.66. The molecule has 7 aliphatic carbocycles. The number of carbonyl (C=O) groups excluding carboxylic acids is 3. The lowest BCUT2D eigenvalue weighted by Gasteiger charge is -2.63. The monoisotopic (exact) mass is 536 g/mol. The van der Waals surface area contributed by atoms with E-state index >= 15 is 0 Å². The maximum Gasteiger partial charge on any atom is 0.337 e. The van der Waals surface area contributed by atoms with Gasteiger partial charge in [0, 0.05) is 29.1 Å². The highest BCUT2D eigenvalue weighted by molar-refractivity contribution is 6.09. The molecule has 0 aromatic carbocycles. The Kier molecular flexibility index (Phi) is 4.48. The van der Waals surface area contributed by atoms with E-state index in [-0.39, 0.29) is 58.3 Å². The number of fused-ring (bicyclic) bond motifs is 7. The normalized spacial score (nSPS) is 52.8. The molecule has 0 aromatic rings. The van der Waals surface area contributed by atoms with E-state index in [1.807, 2.05) is 6.92 Å². The molecule has 3 N–H and O–H groups in total. The molecular formula is C31H36O8. The molecule has 1 spiro atoms. The van der Waals surface area contributed by atoms with Crippen LogP contribution in [0.2, 0.25) is 0 Å². The van der Waals surface area contributed by atoms with Gasteiger partial charge in [0.1, 0.15) is 11.7 Å². The Labute approximate surface area is 227 Å². The summed E-state index contributed by atoms with van der Waals surface area (Å²) >= 11 is 0. The predicted molar refractivity (Wildman–Crippen MR) is 135 cm³/mol. The molecule has 0 bridgehead atoms. The highest BCUT2D eigenvalue weighted by Crippen LogP contribution is 2.82. The van der Waals surface area contributed by atoms with Crippen molar-refractivity contribution >= 4 is 17.7 Å². The standard InChI is InChI=1S/C31H36O8/c1-11(27(36)38-4)22-24-23-14(12-5-18(12)30(23,3)26(35)25(22)34)7-21-29(2)17-6-13(17)15(9-32)19(29)8-20-16(10-33)28(37)39-31(20,21)24/h12-13,15,17-19,21,24,26,32-33,35H,5-10H2,1-4H3. The highest BCUT2D eigenvalue weighted by Gasteiger charge is 2.81. The molecule has 12 unspecified atom stereocenters. The van der Waals surface area contributed by atoms with Gasteiger partial charge in [-0.2, -0.15) is 0 Å². The van der Waals surface area contributed by atoms with Gasteiger partial charge in [0.2, 0.25) is 0 Å². The van der Waals surface area contributed by atoms with Crippen molar-refractivity contribution in [2.45, 2.75) is 58.2 Å². The van der Waals surface area contributed by atoms with Crippen molar-refractivity contribution in [3.8, 4) is 0 Å². The van der Waals surface area contributed by atoms with Gasteiger partial charge in [-0.3, -0.25) is 4.79 Å². The molecule has 0 amide bonds. The second-order valence-corrected chi connectivity index (χ2v) is 14.0. The van der Waals surface area contributed by atoms with Crippen LogP contribution in [-0.2, 0) is 23.9 Å². The molecule has 8 nitrogen and oxygen atoms in total. The minimum absolute atomic E-state index is 0.0924. The molecule has 12 atom stereocenters. The molecule has 8 rings (SSSR count). The number of ketones is 1.